The average Bonchev–Trinajstić information content (AvgIpc) is 3.23. The van der Waals surface area contributed by atoms with Gasteiger partial charge in [-0.2, -0.15) is 0 Å². The topological polar surface area (TPSA) is 149 Å². The maximum absolute atomic E-state index is 13.0. The highest BCUT2D eigenvalue weighted by atomic mass is 32.2. The zero-order chi connectivity index (χ0) is 22.9. The summed E-state index contributed by atoms with van der Waals surface area (Å²) in [6, 6.07) is 11.9. The van der Waals surface area contributed by atoms with E-state index in [4.69, 9.17) is 10.5 Å². The Balaban J connectivity index is 1.56. The highest BCUT2D eigenvalue weighted by Crippen LogP contribution is 2.31. The number of ether oxygens (including phenoxy) is 1. The first-order valence-electron chi connectivity index (χ1n) is 9.68. The van der Waals surface area contributed by atoms with Gasteiger partial charge in [-0.25, -0.2) is 18.2 Å². The number of carboxylic acids is 1. The van der Waals surface area contributed by atoms with E-state index in [1.807, 2.05) is 0 Å². The van der Waals surface area contributed by atoms with Crippen LogP contribution in [-0.4, -0.2) is 30.4 Å². The molecule has 0 spiro atoms. The number of nitrogens with zero attached hydrogens (tertiary/aromatic N) is 1. The van der Waals surface area contributed by atoms with Crippen molar-refractivity contribution in [1.29, 1.82) is 0 Å². The number of sulfonamides is 1. The smallest absolute Gasteiger partial charge is 0.335 e. The van der Waals surface area contributed by atoms with Gasteiger partial charge in [0.25, 0.3) is 10.0 Å². The fourth-order valence-corrected chi connectivity index (χ4v) is 4.95. The van der Waals surface area contributed by atoms with Crippen LogP contribution in [0, 0.1) is 0 Å². The van der Waals surface area contributed by atoms with Crippen LogP contribution >= 0.6 is 0 Å². The van der Waals surface area contributed by atoms with Gasteiger partial charge in [0.05, 0.1) is 22.3 Å². The molecule has 0 fully saturated rings. The van der Waals surface area contributed by atoms with E-state index >= 15 is 0 Å². The Hall–Kier alpha value is -3.92. The summed E-state index contributed by atoms with van der Waals surface area (Å²) in [7, 11) is -4.03. The number of carboxylic acid groups (broad SMARTS) is 1. The number of anilines is 1. The van der Waals surface area contributed by atoms with Gasteiger partial charge in [-0.05, 0) is 66.8 Å². The van der Waals surface area contributed by atoms with E-state index < -0.39 is 21.9 Å². The Bertz CT molecular complexity index is 1320. The Morgan fingerprint density at radius 1 is 1.06 bits per heavy atom. The van der Waals surface area contributed by atoms with Crippen molar-refractivity contribution in [3.05, 3.63) is 77.0 Å². The van der Waals surface area contributed by atoms with Gasteiger partial charge in [0.1, 0.15) is 5.75 Å². The second kappa shape index (κ2) is 8.31. The predicted octanol–water partition coefficient (Wildman–Crippen LogP) is 2.96. The lowest BCUT2D eigenvalue weighted by molar-refractivity contribution is 0.0696. The van der Waals surface area contributed by atoms with Gasteiger partial charge in [-0.3, -0.25) is 9.52 Å². The number of amides is 1. The first-order chi connectivity index (χ1) is 15.2. The number of rotatable bonds is 7. The summed E-state index contributed by atoms with van der Waals surface area (Å²) in [6.45, 7) is 0. The van der Waals surface area contributed by atoms with Gasteiger partial charge in [0, 0.05) is 11.6 Å². The molecule has 1 heterocycles. The number of hydrogen-bond donors (Lipinski definition) is 3. The molecule has 4 rings (SSSR count). The largest absolute Gasteiger partial charge is 0.478 e. The number of primary amides is 1. The first kappa shape index (κ1) is 21.3. The Labute approximate surface area is 183 Å². The van der Waals surface area contributed by atoms with Crippen molar-refractivity contribution >= 4 is 27.6 Å². The van der Waals surface area contributed by atoms with Crippen molar-refractivity contribution in [3.63, 3.8) is 0 Å². The van der Waals surface area contributed by atoms with Crippen LogP contribution < -0.4 is 15.2 Å². The normalized spacial score (nSPS) is 12.8. The van der Waals surface area contributed by atoms with Crippen LogP contribution in [0.25, 0.3) is 0 Å². The van der Waals surface area contributed by atoms with Gasteiger partial charge < -0.3 is 15.6 Å². The van der Waals surface area contributed by atoms with Gasteiger partial charge in [0.15, 0.2) is 0 Å². The molecule has 0 saturated carbocycles. The number of nitrogens with one attached hydrogen (secondary N) is 1. The molecule has 1 aliphatic rings. The zero-order valence-corrected chi connectivity index (χ0v) is 17.6. The third-order valence-corrected chi connectivity index (χ3v) is 6.49. The van der Waals surface area contributed by atoms with Crippen molar-refractivity contribution in [2.24, 2.45) is 5.73 Å². The molecule has 10 heteroatoms. The van der Waals surface area contributed by atoms with Crippen molar-refractivity contribution in [1.82, 2.24) is 4.98 Å². The molecular formula is C22H19N3O6S. The van der Waals surface area contributed by atoms with Crippen LogP contribution in [0.15, 0.2) is 59.6 Å². The molecule has 3 aromatic rings. The van der Waals surface area contributed by atoms with E-state index in [1.165, 1.54) is 36.5 Å². The molecule has 9 nitrogen and oxygen atoms in total. The Morgan fingerprint density at radius 3 is 2.56 bits per heavy atom. The van der Waals surface area contributed by atoms with E-state index in [9.17, 15) is 23.1 Å². The van der Waals surface area contributed by atoms with Crippen LogP contribution in [-0.2, 0) is 22.9 Å². The van der Waals surface area contributed by atoms with Crippen LogP contribution in [0.4, 0.5) is 5.69 Å². The van der Waals surface area contributed by atoms with Gasteiger partial charge in [-0.15, -0.1) is 0 Å². The molecule has 32 heavy (non-hydrogen) atoms. The predicted molar refractivity (Wildman–Crippen MR) is 116 cm³/mol. The average molecular weight is 453 g/mol. The number of pyridine rings is 1. The fourth-order valence-electron chi connectivity index (χ4n) is 3.57. The molecule has 164 valence electrons. The number of hydrogen-bond acceptors (Lipinski definition) is 6. The van der Waals surface area contributed by atoms with Crippen LogP contribution in [0.3, 0.4) is 0 Å². The van der Waals surface area contributed by atoms with E-state index in [1.54, 1.807) is 18.2 Å². The molecule has 0 radical (unpaired) electrons. The summed E-state index contributed by atoms with van der Waals surface area (Å²) in [5.41, 5.74) is 7.05. The number of aromatic carboxylic acids is 1. The number of aromatic nitrogens is 1. The number of carbonyl (C=O) groups is 2. The molecule has 0 aliphatic heterocycles. The second-order valence-corrected chi connectivity index (χ2v) is 8.91. The number of nitrogens with two attached hydrogens (primary N) is 1. The van der Waals surface area contributed by atoms with Gasteiger partial charge in [0.2, 0.25) is 11.8 Å². The number of aryl methyl sites for hydroxylation is 1. The molecular weight excluding hydrogens is 434 g/mol. The SMILES string of the molecule is NC(=O)c1cccc(Oc2ccc(NS(=O)(=O)c3cc(C(=O)O)cc4c3CCC4)cn2)c1. The van der Waals surface area contributed by atoms with Crippen molar-refractivity contribution in [3.8, 4) is 11.6 Å². The third kappa shape index (κ3) is 4.40. The van der Waals surface area contributed by atoms with Crippen molar-refractivity contribution in [2.75, 3.05) is 4.72 Å². The molecule has 0 bridgehead atoms. The van der Waals surface area contributed by atoms with Gasteiger partial charge in [-0.1, -0.05) is 6.07 Å². The Morgan fingerprint density at radius 2 is 1.88 bits per heavy atom. The maximum atomic E-state index is 13.0. The first-order valence-corrected chi connectivity index (χ1v) is 11.2. The van der Waals surface area contributed by atoms with Crippen LogP contribution in [0.5, 0.6) is 11.6 Å². The van der Waals surface area contributed by atoms with E-state index in [0.717, 1.165) is 12.0 Å². The monoisotopic (exact) mass is 453 g/mol. The lowest BCUT2D eigenvalue weighted by Crippen LogP contribution is -2.16. The summed E-state index contributed by atoms with van der Waals surface area (Å²) in [4.78, 5) is 26.8. The lowest BCUT2D eigenvalue weighted by atomic mass is 10.1. The van der Waals surface area contributed by atoms with E-state index in [-0.39, 0.29) is 27.6 Å². The minimum Gasteiger partial charge on any atom is -0.478 e. The van der Waals surface area contributed by atoms with Crippen LogP contribution in [0.2, 0.25) is 0 Å². The second-order valence-electron chi connectivity index (χ2n) is 7.26. The molecule has 2 aromatic carbocycles. The molecule has 1 aromatic heterocycles. The highest BCUT2D eigenvalue weighted by Gasteiger charge is 2.26. The standard InChI is InChI=1S/C22H19N3O6S/c23-21(26)14-4-1-5-17(10-14)31-20-8-7-16(12-24-20)25-32(29,30)19-11-15(22(27)28)9-13-3-2-6-18(13)19/h1,4-5,7-12,25H,2-3,6H2,(H2,23,26)(H,27,28). The highest BCUT2D eigenvalue weighted by molar-refractivity contribution is 7.92. The molecule has 0 atom stereocenters. The minimum absolute atomic E-state index is 0.0338. The summed E-state index contributed by atoms with van der Waals surface area (Å²) in [5, 5.41) is 9.33. The summed E-state index contributed by atoms with van der Waals surface area (Å²) in [5.74, 6) is -1.24. The summed E-state index contributed by atoms with van der Waals surface area (Å²) >= 11 is 0. The summed E-state index contributed by atoms with van der Waals surface area (Å²) in [6.07, 6.45) is 3.27. The van der Waals surface area contributed by atoms with Crippen molar-refractivity contribution < 1.29 is 27.9 Å². The van der Waals surface area contributed by atoms with Gasteiger partial charge >= 0.3 is 5.97 Å². The number of carbonyl (C=O) groups excluding carboxylic acids is 1. The lowest BCUT2D eigenvalue weighted by Gasteiger charge is -2.13. The zero-order valence-electron chi connectivity index (χ0n) is 16.7. The molecule has 1 aliphatic carbocycles. The van der Waals surface area contributed by atoms with E-state index in [2.05, 4.69) is 9.71 Å². The van der Waals surface area contributed by atoms with E-state index in [0.29, 0.717) is 24.2 Å². The molecule has 0 saturated heterocycles. The summed E-state index contributed by atoms with van der Waals surface area (Å²) < 4.78 is 34.0. The molecule has 4 N–H and O–H groups in total. The Kier molecular flexibility index (Phi) is 5.54. The fraction of sp³-hybridized carbons (Fsp3) is 0.136. The van der Waals surface area contributed by atoms with Crippen molar-refractivity contribution in [2.45, 2.75) is 24.2 Å². The number of benzene rings is 2. The maximum Gasteiger partial charge on any atom is 0.335 e. The molecule has 0 unspecified atom stereocenters. The molecule has 1 amide bonds. The third-order valence-electron chi connectivity index (χ3n) is 5.04. The minimum atomic E-state index is -4.03. The number of fused-ring (bicyclic) bond motifs is 1. The quantitative estimate of drug-likeness (QED) is 0.498. The van der Waals surface area contributed by atoms with Crippen LogP contribution in [0.1, 0.15) is 38.3 Å².